The van der Waals surface area contributed by atoms with Crippen molar-refractivity contribution in [1.29, 1.82) is 0 Å². The van der Waals surface area contributed by atoms with Gasteiger partial charge in [-0.05, 0) is 82.7 Å². The van der Waals surface area contributed by atoms with Crippen LogP contribution in [0.1, 0.15) is 51.7 Å². The van der Waals surface area contributed by atoms with Crippen LogP contribution >= 0.6 is 0 Å². The number of furan rings is 1. The monoisotopic (exact) mass is 429 g/mol. The first kappa shape index (κ1) is 21.9. The zero-order valence-corrected chi connectivity index (χ0v) is 18.8. The Bertz CT molecular complexity index is 788. The molecule has 0 aromatic carbocycles. The van der Waals surface area contributed by atoms with E-state index in [9.17, 15) is 9.59 Å². The molecular weight excluding hydrogens is 394 g/mol. The number of piperidine rings is 2. The number of nitrogens with zero attached hydrogens (tertiary/aromatic N) is 2. The Morgan fingerprint density at radius 2 is 2.00 bits per heavy atom. The lowest BCUT2D eigenvalue weighted by Gasteiger charge is -2.34. The van der Waals surface area contributed by atoms with Crippen LogP contribution < -0.4 is 5.32 Å². The van der Waals surface area contributed by atoms with Gasteiger partial charge in [-0.1, -0.05) is 5.57 Å². The van der Waals surface area contributed by atoms with Crippen LogP contribution in [0.25, 0.3) is 6.08 Å². The Morgan fingerprint density at radius 3 is 2.65 bits per heavy atom. The summed E-state index contributed by atoms with van der Waals surface area (Å²) in [7, 11) is 0. The van der Waals surface area contributed by atoms with Crippen molar-refractivity contribution in [2.24, 2.45) is 11.3 Å². The second-order valence-electron chi connectivity index (χ2n) is 9.37. The number of likely N-dealkylation sites (tertiary alicyclic amines) is 2. The average Bonchev–Trinajstić information content (AvgIpc) is 3.21. The SMILES string of the molecule is CCOC(=O)N1CCC(NC(=O)[C@@H]2CC23CCN(C/C(C)=C/c2ccco2)CC3)CC1. The highest BCUT2D eigenvalue weighted by atomic mass is 16.6. The van der Waals surface area contributed by atoms with Crippen LogP contribution in [0.2, 0.25) is 0 Å². The number of nitrogens with one attached hydrogen (secondary N) is 1. The Balaban J connectivity index is 1.18. The van der Waals surface area contributed by atoms with E-state index >= 15 is 0 Å². The maximum absolute atomic E-state index is 12.9. The maximum Gasteiger partial charge on any atom is 0.409 e. The van der Waals surface area contributed by atoms with Crippen molar-refractivity contribution in [2.45, 2.75) is 52.0 Å². The number of carbonyl (C=O) groups is 2. The molecule has 170 valence electrons. The van der Waals surface area contributed by atoms with E-state index in [1.165, 1.54) is 5.57 Å². The topological polar surface area (TPSA) is 75.0 Å². The summed E-state index contributed by atoms with van der Waals surface area (Å²) in [6, 6.07) is 4.06. The van der Waals surface area contributed by atoms with Crippen molar-refractivity contribution in [2.75, 3.05) is 39.3 Å². The van der Waals surface area contributed by atoms with Gasteiger partial charge in [0.25, 0.3) is 0 Å². The highest BCUT2D eigenvalue weighted by Crippen LogP contribution is 2.59. The van der Waals surface area contributed by atoms with Crippen LogP contribution in [0.4, 0.5) is 4.79 Å². The molecule has 0 radical (unpaired) electrons. The highest BCUT2D eigenvalue weighted by molar-refractivity contribution is 5.83. The molecule has 1 aromatic rings. The van der Waals surface area contributed by atoms with Gasteiger partial charge in [-0.25, -0.2) is 4.79 Å². The minimum atomic E-state index is -0.241. The lowest BCUT2D eigenvalue weighted by Crippen LogP contribution is -2.47. The minimum absolute atomic E-state index is 0.164. The van der Waals surface area contributed by atoms with E-state index in [2.05, 4.69) is 23.2 Å². The van der Waals surface area contributed by atoms with Gasteiger partial charge in [0.1, 0.15) is 5.76 Å². The summed E-state index contributed by atoms with van der Waals surface area (Å²) in [6.45, 7) is 8.71. The average molecular weight is 430 g/mol. The summed E-state index contributed by atoms with van der Waals surface area (Å²) in [5.41, 5.74) is 1.51. The molecule has 1 aromatic heterocycles. The number of ether oxygens (including phenoxy) is 1. The van der Waals surface area contributed by atoms with E-state index in [4.69, 9.17) is 9.15 Å². The molecule has 0 bridgehead atoms. The zero-order valence-electron chi connectivity index (χ0n) is 18.8. The summed E-state index contributed by atoms with van der Waals surface area (Å²) in [5.74, 6) is 1.28. The van der Waals surface area contributed by atoms with E-state index in [-0.39, 0.29) is 29.4 Å². The standard InChI is InChI=1S/C24H35N3O4/c1-3-30-23(29)27-10-6-19(7-11-27)25-22(28)21-16-24(21)8-12-26(13-9-24)17-18(2)15-20-5-4-14-31-20/h4-5,14-15,19,21H,3,6-13,16-17H2,1-2H3,(H,25,28)/b18-15+/t21-/m0/s1. The lowest BCUT2D eigenvalue weighted by atomic mass is 9.90. The van der Waals surface area contributed by atoms with Crippen LogP contribution in [0.15, 0.2) is 28.4 Å². The molecule has 1 saturated carbocycles. The molecule has 3 fully saturated rings. The lowest BCUT2D eigenvalue weighted by molar-refractivity contribution is -0.124. The molecular formula is C24H35N3O4. The van der Waals surface area contributed by atoms with Gasteiger partial charge in [0, 0.05) is 31.6 Å². The van der Waals surface area contributed by atoms with Crippen molar-refractivity contribution in [3.8, 4) is 0 Å². The predicted molar refractivity (Wildman–Crippen MR) is 118 cm³/mol. The van der Waals surface area contributed by atoms with Crippen molar-refractivity contribution >= 4 is 18.1 Å². The van der Waals surface area contributed by atoms with Gasteiger partial charge < -0.3 is 19.4 Å². The third-order valence-electron chi connectivity index (χ3n) is 7.13. The molecule has 1 atom stereocenters. The summed E-state index contributed by atoms with van der Waals surface area (Å²) >= 11 is 0. The van der Waals surface area contributed by atoms with Gasteiger partial charge in [0.2, 0.25) is 5.91 Å². The molecule has 7 nitrogen and oxygen atoms in total. The first-order valence-electron chi connectivity index (χ1n) is 11.6. The fourth-order valence-electron chi connectivity index (χ4n) is 5.16. The Morgan fingerprint density at radius 1 is 1.26 bits per heavy atom. The minimum Gasteiger partial charge on any atom is -0.465 e. The molecule has 1 N–H and O–H groups in total. The Hall–Kier alpha value is -2.28. The van der Waals surface area contributed by atoms with Gasteiger partial charge in [-0.2, -0.15) is 0 Å². The van der Waals surface area contributed by atoms with E-state index in [0.717, 1.165) is 57.5 Å². The Kier molecular flexibility index (Phi) is 6.70. The smallest absolute Gasteiger partial charge is 0.409 e. The van der Waals surface area contributed by atoms with Crippen molar-refractivity contribution in [3.63, 3.8) is 0 Å². The summed E-state index contributed by atoms with van der Waals surface area (Å²) in [4.78, 5) is 28.9. The maximum atomic E-state index is 12.9. The first-order valence-corrected chi connectivity index (χ1v) is 11.6. The summed E-state index contributed by atoms with van der Waals surface area (Å²) < 4.78 is 10.5. The third kappa shape index (κ3) is 5.32. The number of hydrogen-bond donors (Lipinski definition) is 1. The molecule has 2 amide bonds. The molecule has 7 heteroatoms. The molecule has 31 heavy (non-hydrogen) atoms. The van der Waals surface area contributed by atoms with Crippen molar-refractivity contribution in [1.82, 2.24) is 15.1 Å². The largest absolute Gasteiger partial charge is 0.465 e. The van der Waals surface area contributed by atoms with Gasteiger partial charge in [0.15, 0.2) is 0 Å². The molecule has 0 unspecified atom stereocenters. The van der Waals surface area contributed by atoms with Gasteiger partial charge in [-0.15, -0.1) is 0 Å². The van der Waals surface area contributed by atoms with Crippen LogP contribution in [0.3, 0.4) is 0 Å². The molecule has 2 saturated heterocycles. The van der Waals surface area contributed by atoms with Crippen LogP contribution in [0, 0.1) is 11.3 Å². The second-order valence-corrected chi connectivity index (χ2v) is 9.37. The normalized spacial score (nSPS) is 24.3. The van der Waals surface area contributed by atoms with Gasteiger partial charge >= 0.3 is 6.09 Å². The van der Waals surface area contributed by atoms with Crippen LogP contribution in [-0.4, -0.2) is 67.2 Å². The first-order chi connectivity index (χ1) is 15.0. The van der Waals surface area contributed by atoms with Crippen molar-refractivity contribution < 1.29 is 18.7 Å². The zero-order chi connectivity index (χ0) is 21.8. The molecule has 1 aliphatic carbocycles. The van der Waals surface area contributed by atoms with E-state index < -0.39 is 0 Å². The predicted octanol–water partition coefficient (Wildman–Crippen LogP) is 3.52. The number of hydrogen-bond acceptors (Lipinski definition) is 5. The summed E-state index contributed by atoms with van der Waals surface area (Å²) in [6.07, 6.45) is 8.39. The highest BCUT2D eigenvalue weighted by Gasteiger charge is 2.58. The van der Waals surface area contributed by atoms with E-state index in [1.54, 1.807) is 11.2 Å². The second kappa shape index (κ2) is 9.47. The van der Waals surface area contributed by atoms with Gasteiger partial charge in [-0.3, -0.25) is 9.69 Å². The quantitative estimate of drug-likeness (QED) is 0.749. The molecule has 3 aliphatic rings. The van der Waals surface area contributed by atoms with Crippen LogP contribution in [-0.2, 0) is 9.53 Å². The molecule has 1 spiro atoms. The number of amides is 2. The molecule has 2 aliphatic heterocycles. The number of rotatable bonds is 6. The Labute approximate surface area is 184 Å². The van der Waals surface area contributed by atoms with Gasteiger partial charge in [0.05, 0.1) is 12.9 Å². The molecule has 4 rings (SSSR count). The van der Waals surface area contributed by atoms with E-state index in [0.29, 0.717) is 19.7 Å². The van der Waals surface area contributed by atoms with Crippen molar-refractivity contribution in [3.05, 3.63) is 29.7 Å². The fraction of sp³-hybridized carbons (Fsp3) is 0.667. The summed E-state index contributed by atoms with van der Waals surface area (Å²) in [5, 5.41) is 3.26. The molecule has 3 heterocycles. The van der Waals surface area contributed by atoms with E-state index in [1.807, 2.05) is 19.1 Å². The third-order valence-corrected chi connectivity index (χ3v) is 7.13. The van der Waals surface area contributed by atoms with Crippen LogP contribution in [0.5, 0.6) is 0 Å². The number of carbonyl (C=O) groups excluding carboxylic acids is 2. The fourth-order valence-corrected chi connectivity index (χ4v) is 5.16.